The summed E-state index contributed by atoms with van der Waals surface area (Å²) >= 11 is 0. The largest absolute Gasteiger partial charge is 0.490 e. The molecular weight excluding hydrogens is 418 g/mol. The summed E-state index contributed by atoms with van der Waals surface area (Å²) in [5.74, 6) is 0.867. The van der Waals surface area contributed by atoms with E-state index in [2.05, 4.69) is 32.7 Å². The molecule has 32 heavy (non-hydrogen) atoms. The van der Waals surface area contributed by atoms with E-state index in [4.69, 9.17) is 14.2 Å². The normalized spacial score (nSPS) is 14.4. The average molecular weight is 449 g/mol. The molecule has 2 aromatic rings. The molecule has 0 saturated carbocycles. The maximum atomic E-state index is 12.9. The highest BCUT2D eigenvalue weighted by Crippen LogP contribution is 2.32. The van der Waals surface area contributed by atoms with Crippen molar-refractivity contribution in [3.63, 3.8) is 0 Å². The van der Waals surface area contributed by atoms with Crippen LogP contribution in [0.1, 0.15) is 18.1 Å². The van der Waals surface area contributed by atoms with E-state index >= 15 is 0 Å². The molecule has 0 unspecified atom stereocenters. The summed E-state index contributed by atoms with van der Waals surface area (Å²) in [5, 5.41) is 6.46. The van der Waals surface area contributed by atoms with Gasteiger partial charge in [-0.3, -0.25) is 4.99 Å². The van der Waals surface area contributed by atoms with Crippen LogP contribution in [0.4, 0.5) is 14.5 Å². The van der Waals surface area contributed by atoms with Crippen LogP contribution in [0, 0.1) is 0 Å². The Labute approximate surface area is 187 Å². The van der Waals surface area contributed by atoms with E-state index in [1.807, 2.05) is 12.1 Å². The van der Waals surface area contributed by atoms with Gasteiger partial charge in [-0.1, -0.05) is 30.3 Å². The molecule has 0 spiro atoms. The molecule has 0 radical (unpaired) electrons. The van der Waals surface area contributed by atoms with Gasteiger partial charge in [0.05, 0.1) is 19.8 Å². The number of anilines is 1. The van der Waals surface area contributed by atoms with E-state index in [0.717, 1.165) is 37.6 Å². The maximum Gasteiger partial charge on any atom is 0.387 e. The molecule has 9 heteroatoms. The molecule has 1 aliphatic heterocycles. The molecule has 0 aromatic heterocycles. The number of hydrogen-bond acceptors (Lipinski definition) is 5. The molecule has 0 atom stereocenters. The first-order valence-corrected chi connectivity index (χ1v) is 10.7. The van der Waals surface area contributed by atoms with Crippen LogP contribution < -0.4 is 25.0 Å². The van der Waals surface area contributed by atoms with Crippen LogP contribution in [-0.2, 0) is 17.8 Å². The van der Waals surface area contributed by atoms with E-state index in [1.165, 1.54) is 0 Å². The molecule has 1 fully saturated rings. The second kappa shape index (κ2) is 12.1. The van der Waals surface area contributed by atoms with Gasteiger partial charge in [0.2, 0.25) is 0 Å². The van der Waals surface area contributed by atoms with Gasteiger partial charge in [-0.25, -0.2) is 0 Å². The number of nitrogens with zero attached hydrogens (tertiary/aromatic N) is 2. The lowest BCUT2D eigenvalue weighted by atomic mass is 10.1. The summed E-state index contributed by atoms with van der Waals surface area (Å²) in [5.41, 5.74) is 2.85. The lowest BCUT2D eigenvalue weighted by Gasteiger charge is -2.30. The summed E-state index contributed by atoms with van der Waals surface area (Å²) in [6, 6.07) is 13.3. The van der Waals surface area contributed by atoms with Crippen molar-refractivity contribution >= 4 is 11.6 Å². The zero-order chi connectivity index (χ0) is 22.8. The van der Waals surface area contributed by atoms with E-state index in [1.54, 1.807) is 32.2 Å². The zero-order valence-electron chi connectivity index (χ0n) is 18.4. The first-order valence-electron chi connectivity index (χ1n) is 10.7. The highest BCUT2D eigenvalue weighted by atomic mass is 19.3. The van der Waals surface area contributed by atoms with Crippen molar-refractivity contribution in [3.8, 4) is 11.5 Å². The number of para-hydroxylation sites is 2. The van der Waals surface area contributed by atoms with Gasteiger partial charge in [-0.05, 0) is 24.6 Å². The predicted octanol–water partition coefficient (Wildman–Crippen LogP) is 3.39. The molecule has 2 aromatic carbocycles. The van der Waals surface area contributed by atoms with Gasteiger partial charge in [0, 0.05) is 44.5 Å². The average Bonchev–Trinajstić information content (AvgIpc) is 2.81. The fourth-order valence-corrected chi connectivity index (χ4v) is 3.54. The van der Waals surface area contributed by atoms with Crippen LogP contribution in [-0.4, -0.2) is 52.5 Å². The minimum atomic E-state index is -2.94. The Morgan fingerprint density at radius 2 is 1.75 bits per heavy atom. The van der Waals surface area contributed by atoms with Crippen molar-refractivity contribution in [2.24, 2.45) is 4.99 Å². The topological polar surface area (TPSA) is 67.4 Å². The van der Waals surface area contributed by atoms with Crippen LogP contribution in [0.2, 0.25) is 0 Å². The van der Waals surface area contributed by atoms with Crippen LogP contribution in [0.25, 0.3) is 0 Å². The number of rotatable bonds is 9. The number of hydrogen-bond donors (Lipinski definition) is 2. The smallest absolute Gasteiger partial charge is 0.387 e. The SMILES string of the molecule is CCOc1cccc(CNC(=NC)NCc2ccccc2N2CCOCC2)c1OC(F)F. The predicted molar refractivity (Wildman–Crippen MR) is 121 cm³/mol. The standard InChI is InChI=1S/C23H30F2N4O3/c1-3-31-20-10-6-8-18(21(20)32-22(24)25)16-28-23(26-2)27-15-17-7-4-5-9-19(17)29-11-13-30-14-12-29/h4-10,22H,3,11-16H2,1-2H3,(H2,26,27,28). The summed E-state index contributed by atoms with van der Waals surface area (Å²) < 4.78 is 41.5. The van der Waals surface area contributed by atoms with Crippen molar-refractivity contribution < 1.29 is 23.0 Å². The third-order valence-corrected chi connectivity index (χ3v) is 5.03. The van der Waals surface area contributed by atoms with Crippen LogP contribution in [0.5, 0.6) is 11.5 Å². The van der Waals surface area contributed by atoms with Crippen LogP contribution >= 0.6 is 0 Å². The fraction of sp³-hybridized carbons (Fsp3) is 0.435. The lowest BCUT2D eigenvalue weighted by molar-refractivity contribution is -0.0520. The van der Waals surface area contributed by atoms with Crippen molar-refractivity contribution in [2.45, 2.75) is 26.6 Å². The van der Waals surface area contributed by atoms with Gasteiger partial charge in [-0.15, -0.1) is 0 Å². The second-order valence-electron chi connectivity index (χ2n) is 7.06. The summed E-state index contributed by atoms with van der Waals surface area (Å²) in [4.78, 5) is 6.56. The Hall–Kier alpha value is -3.07. The number of aliphatic imine (C=N–C) groups is 1. The molecule has 1 saturated heterocycles. The van der Waals surface area contributed by atoms with E-state index in [-0.39, 0.29) is 18.0 Å². The third kappa shape index (κ3) is 6.46. The number of alkyl halides is 2. The van der Waals surface area contributed by atoms with Crippen molar-refractivity contribution in [3.05, 3.63) is 53.6 Å². The lowest BCUT2D eigenvalue weighted by Crippen LogP contribution is -2.39. The Morgan fingerprint density at radius 1 is 1.06 bits per heavy atom. The van der Waals surface area contributed by atoms with E-state index in [0.29, 0.717) is 24.7 Å². The van der Waals surface area contributed by atoms with Crippen molar-refractivity contribution in [1.29, 1.82) is 0 Å². The Morgan fingerprint density at radius 3 is 2.44 bits per heavy atom. The number of nitrogens with one attached hydrogen (secondary N) is 2. The highest BCUT2D eigenvalue weighted by Gasteiger charge is 2.17. The fourth-order valence-electron chi connectivity index (χ4n) is 3.54. The summed E-state index contributed by atoms with van der Waals surface area (Å²) in [6.45, 7) is 3.15. The van der Waals surface area contributed by atoms with Crippen molar-refractivity contribution in [1.82, 2.24) is 10.6 Å². The quantitative estimate of drug-likeness (QED) is 0.453. The minimum absolute atomic E-state index is 0.0324. The summed E-state index contributed by atoms with van der Waals surface area (Å²) in [7, 11) is 1.66. The zero-order valence-corrected chi connectivity index (χ0v) is 18.4. The molecule has 0 amide bonds. The number of morpholine rings is 1. The van der Waals surface area contributed by atoms with Crippen molar-refractivity contribution in [2.75, 3.05) is 44.9 Å². The maximum absolute atomic E-state index is 12.9. The van der Waals surface area contributed by atoms with Gasteiger partial charge < -0.3 is 29.7 Å². The molecular formula is C23H30F2N4O3. The molecule has 3 rings (SSSR count). The first kappa shape index (κ1) is 23.6. The monoisotopic (exact) mass is 448 g/mol. The van der Waals surface area contributed by atoms with E-state index in [9.17, 15) is 8.78 Å². The molecule has 174 valence electrons. The molecule has 0 bridgehead atoms. The number of guanidine groups is 1. The Bertz CT molecular complexity index is 889. The Balaban J connectivity index is 1.65. The molecule has 2 N–H and O–H groups in total. The number of ether oxygens (including phenoxy) is 3. The molecule has 0 aliphatic carbocycles. The third-order valence-electron chi connectivity index (χ3n) is 5.03. The van der Waals surface area contributed by atoms with Gasteiger partial charge in [-0.2, -0.15) is 8.78 Å². The van der Waals surface area contributed by atoms with Gasteiger partial charge in [0.15, 0.2) is 17.5 Å². The van der Waals surface area contributed by atoms with Gasteiger partial charge in [0.1, 0.15) is 0 Å². The first-order chi connectivity index (χ1) is 15.6. The van der Waals surface area contributed by atoms with Gasteiger partial charge in [0.25, 0.3) is 0 Å². The molecule has 7 nitrogen and oxygen atoms in total. The number of benzene rings is 2. The minimum Gasteiger partial charge on any atom is -0.490 e. The molecule has 1 aliphatic rings. The van der Waals surface area contributed by atoms with Crippen LogP contribution in [0.3, 0.4) is 0 Å². The molecule has 1 heterocycles. The van der Waals surface area contributed by atoms with E-state index < -0.39 is 6.61 Å². The highest BCUT2D eigenvalue weighted by molar-refractivity contribution is 5.80. The summed E-state index contributed by atoms with van der Waals surface area (Å²) in [6.07, 6.45) is 0. The van der Waals surface area contributed by atoms with Crippen LogP contribution in [0.15, 0.2) is 47.5 Å². The second-order valence-corrected chi connectivity index (χ2v) is 7.06. The van der Waals surface area contributed by atoms with Gasteiger partial charge >= 0.3 is 6.61 Å². The number of halogens is 2. The Kier molecular flexibility index (Phi) is 8.91.